The van der Waals surface area contributed by atoms with Gasteiger partial charge in [0, 0.05) is 6.54 Å². The van der Waals surface area contributed by atoms with Crippen molar-refractivity contribution >= 4 is 28.8 Å². The number of benzene rings is 2. The van der Waals surface area contributed by atoms with Crippen molar-refractivity contribution in [2.24, 2.45) is 0 Å². The summed E-state index contributed by atoms with van der Waals surface area (Å²) in [5.41, 5.74) is 2.05. The van der Waals surface area contributed by atoms with E-state index >= 15 is 0 Å². The van der Waals surface area contributed by atoms with E-state index < -0.39 is 0 Å². The molecule has 1 amide bonds. The van der Waals surface area contributed by atoms with Gasteiger partial charge in [-0.1, -0.05) is 61.0 Å². The number of ether oxygens (including phenoxy) is 1. The molecule has 0 fully saturated rings. The molecule has 0 aliphatic heterocycles. The zero-order chi connectivity index (χ0) is 22.3. The molecule has 0 bridgehead atoms. The van der Waals surface area contributed by atoms with E-state index in [1.807, 2.05) is 66.9 Å². The maximum absolute atomic E-state index is 12.8. The first-order valence-electron chi connectivity index (χ1n) is 10.3. The standard InChI is InChI=1S/C24H22ClN3O3S/c1-2-12-28(15-22-26-27-24(31-22)21-9-6-13-32-21)23(29)16-30-20-11-10-18(14-19(20)25)17-7-4-3-5-8-17/h3-11,13-14H,2,12,15-16H2,1H3. The molecule has 0 saturated heterocycles. The lowest BCUT2D eigenvalue weighted by atomic mass is 10.1. The summed E-state index contributed by atoms with van der Waals surface area (Å²) in [6.45, 7) is 2.66. The van der Waals surface area contributed by atoms with Crippen LogP contribution in [0.4, 0.5) is 0 Å². The molecule has 0 saturated carbocycles. The van der Waals surface area contributed by atoms with Crippen LogP contribution in [0.1, 0.15) is 19.2 Å². The van der Waals surface area contributed by atoms with Gasteiger partial charge < -0.3 is 14.1 Å². The molecule has 2 heterocycles. The molecule has 4 aromatic rings. The minimum absolute atomic E-state index is 0.129. The average molecular weight is 468 g/mol. The van der Waals surface area contributed by atoms with Crippen molar-refractivity contribution in [1.82, 2.24) is 15.1 Å². The van der Waals surface area contributed by atoms with Crippen LogP contribution in [0.25, 0.3) is 21.9 Å². The number of aromatic nitrogens is 2. The third kappa shape index (κ3) is 5.36. The first kappa shape index (κ1) is 22.0. The maximum Gasteiger partial charge on any atom is 0.260 e. The molecule has 8 heteroatoms. The van der Waals surface area contributed by atoms with E-state index in [-0.39, 0.29) is 19.1 Å². The Bertz CT molecular complexity index is 1160. The molecule has 0 radical (unpaired) electrons. The van der Waals surface area contributed by atoms with Crippen molar-refractivity contribution in [3.05, 3.63) is 77.0 Å². The van der Waals surface area contributed by atoms with Crippen LogP contribution in [-0.2, 0) is 11.3 Å². The Morgan fingerprint density at radius 3 is 2.66 bits per heavy atom. The monoisotopic (exact) mass is 467 g/mol. The summed E-state index contributed by atoms with van der Waals surface area (Å²) in [4.78, 5) is 15.4. The zero-order valence-corrected chi connectivity index (χ0v) is 19.1. The molecule has 32 heavy (non-hydrogen) atoms. The van der Waals surface area contributed by atoms with Gasteiger partial charge in [0.2, 0.25) is 5.89 Å². The van der Waals surface area contributed by atoms with E-state index in [9.17, 15) is 4.79 Å². The van der Waals surface area contributed by atoms with Crippen LogP contribution in [0.2, 0.25) is 5.02 Å². The van der Waals surface area contributed by atoms with E-state index in [0.717, 1.165) is 22.4 Å². The van der Waals surface area contributed by atoms with E-state index in [4.69, 9.17) is 20.8 Å². The third-order valence-electron chi connectivity index (χ3n) is 4.76. The first-order chi connectivity index (χ1) is 15.6. The van der Waals surface area contributed by atoms with Gasteiger partial charge in [-0.25, -0.2) is 0 Å². The minimum atomic E-state index is -0.175. The molecule has 2 aromatic heterocycles. The molecule has 4 rings (SSSR count). The normalized spacial score (nSPS) is 10.8. The summed E-state index contributed by atoms with van der Waals surface area (Å²) >= 11 is 7.92. The molecular formula is C24H22ClN3O3S. The molecule has 164 valence electrons. The van der Waals surface area contributed by atoms with Crippen LogP contribution in [0, 0.1) is 0 Å². The molecule has 2 aromatic carbocycles. The smallest absolute Gasteiger partial charge is 0.260 e. The Labute approximate surface area is 195 Å². The van der Waals surface area contributed by atoms with E-state index in [0.29, 0.717) is 29.1 Å². The van der Waals surface area contributed by atoms with Crippen LogP contribution in [0.5, 0.6) is 5.75 Å². The van der Waals surface area contributed by atoms with E-state index in [1.165, 1.54) is 11.3 Å². The van der Waals surface area contributed by atoms with Crippen molar-refractivity contribution in [2.75, 3.05) is 13.2 Å². The second kappa shape index (κ2) is 10.4. The molecule has 0 aliphatic rings. The highest BCUT2D eigenvalue weighted by Crippen LogP contribution is 2.30. The topological polar surface area (TPSA) is 68.5 Å². The van der Waals surface area contributed by atoms with Crippen molar-refractivity contribution in [1.29, 1.82) is 0 Å². The predicted octanol–water partition coefficient (Wildman–Crippen LogP) is 5.94. The van der Waals surface area contributed by atoms with Crippen LogP contribution < -0.4 is 4.74 Å². The number of rotatable bonds is 9. The number of carbonyl (C=O) groups is 1. The van der Waals surface area contributed by atoms with Crippen molar-refractivity contribution in [2.45, 2.75) is 19.9 Å². The molecular weight excluding hydrogens is 446 g/mol. The van der Waals surface area contributed by atoms with Gasteiger partial charge in [0.05, 0.1) is 16.4 Å². The number of thiophene rings is 1. The van der Waals surface area contributed by atoms with Gasteiger partial charge in [0.25, 0.3) is 11.8 Å². The third-order valence-corrected chi connectivity index (χ3v) is 5.91. The summed E-state index contributed by atoms with van der Waals surface area (Å²) in [5, 5.41) is 10.6. The van der Waals surface area contributed by atoms with Gasteiger partial charge in [0.15, 0.2) is 6.61 Å². The summed E-state index contributed by atoms with van der Waals surface area (Å²) in [5.74, 6) is 1.14. The van der Waals surface area contributed by atoms with Crippen molar-refractivity contribution in [3.63, 3.8) is 0 Å². The fraction of sp³-hybridized carbons (Fsp3) is 0.208. The Balaban J connectivity index is 1.39. The Hall–Kier alpha value is -3.16. The minimum Gasteiger partial charge on any atom is -0.482 e. The lowest BCUT2D eigenvalue weighted by Crippen LogP contribution is -2.35. The zero-order valence-electron chi connectivity index (χ0n) is 17.5. The highest BCUT2D eigenvalue weighted by atomic mass is 35.5. The highest BCUT2D eigenvalue weighted by molar-refractivity contribution is 7.13. The Morgan fingerprint density at radius 1 is 1.09 bits per heavy atom. The quantitative estimate of drug-likeness (QED) is 0.305. The lowest BCUT2D eigenvalue weighted by Gasteiger charge is -2.20. The number of carbonyl (C=O) groups excluding carboxylic acids is 1. The number of nitrogens with zero attached hydrogens (tertiary/aromatic N) is 3. The summed E-state index contributed by atoms with van der Waals surface area (Å²) in [6, 6.07) is 19.3. The van der Waals surface area contributed by atoms with Gasteiger partial charge >= 0.3 is 0 Å². The van der Waals surface area contributed by atoms with Gasteiger partial charge in [-0.2, -0.15) is 0 Å². The summed E-state index contributed by atoms with van der Waals surface area (Å²) < 4.78 is 11.5. The largest absolute Gasteiger partial charge is 0.482 e. The SMILES string of the molecule is CCCN(Cc1nnc(-c2cccs2)o1)C(=O)COc1ccc(-c2ccccc2)cc1Cl. The Kier molecular flexibility index (Phi) is 7.19. The molecule has 0 aliphatic carbocycles. The first-order valence-corrected chi connectivity index (χ1v) is 11.5. The number of halogens is 1. The van der Waals surface area contributed by atoms with Gasteiger partial charge in [-0.15, -0.1) is 21.5 Å². The van der Waals surface area contributed by atoms with E-state index in [2.05, 4.69) is 10.2 Å². The molecule has 0 atom stereocenters. The summed E-state index contributed by atoms with van der Waals surface area (Å²) in [7, 11) is 0. The lowest BCUT2D eigenvalue weighted by molar-refractivity contribution is -0.134. The highest BCUT2D eigenvalue weighted by Gasteiger charge is 2.19. The van der Waals surface area contributed by atoms with E-state index in [1.54, 1.807) is 11.0 Å². The average Bonchev–Trinajstić information content (AvgIpc) is 3.50. The molecule has 0 spiro atoms. The Morgan fingerprint density at radius 2 is 1.94 bits per heavy atom. The summed E-state index contributed by atoms with van der Waals surface area (Å²) in [6.07, 6.45) is 0.796. The van der Waals surface area contributed by atoms with Crippen molar-refractivity contribution < 1.29 is 13.9 Å². The van der Waals surface area contributed by atoms with Crippen molar-refractivity contribution in [3.8, 4) is 27.6 Å². The number of hydrogen-bond acceptors (Lipinski definition) is 6. The second-order valence-electron chi connectivity index (χ2n) is 7.09. The molecule has 0 unspecified atom stereocenters. The van der Waals surface area contributed by atoms with Crippen LogP contribution in [0.15, 0.2) is 70.5 Å². The van der Waals surface area contributed by atoms with Crippen LogP contribution >= 0.6 is 22.9 Å². The fourth-order valence-electron chi connectivity index (χ4n) is 3.20. The van der Waals surface area contributed by atoms with Gasteiger partial charge in [-0.05, 0) is 41.1 Å². The molecule has 0 N–H and O–H groups in total. The molecule has 6 nitrogen and oxygen atoms in total. The van der Waals surface area contributed by atoms with Gasteiger partial charge in [-0.3, -0.25) is 4.79 Å². The number of hydrogen-bond donors (Lipinski definition) is 0. The van der Waals surface area contributed by atoms with Gasteiger partial charge in [0.1, 0.15) is 5.75 Å². The predicted molar refractivity (Wildman–Crippen MR) is 126 cm³/mol. The second-order valence-corrected chi connectivity index (χ2v) is 8.45. The van der Waals surface area contributed by atoms with Crippen LogP contribution in [-0.4, -0.2) is 34.2 Å². The van der Waals surface area contributed by atoms with Crippen LogP contribution in [0.3, 0.4) is 0 Å². The maximum atomic E-state index is 12.8. The number of amides is 1. The fourth-order valence-corrected chi connectivity index (χ4v) is 4.08.